The molecular formula is C40H61N3O5S2. The van der Waals surface area contributed by atoms with Crippen molar-refractivity contribution in [3.63, 3.8) is 0 Å². The van der Waals surface area contributed by atoms with Crippen LogP contribution in [0.15, 0.2) is 60.7 Å². The first kappa shape index (κ1) is 43.2. The molecule has 10 heteroatoms. The van der Waals surface area contributed by atoms with Gasteiger partial charge in [-0.05, 0) is 24.0 Å². The summed E-state index contributed by atoms with van der Waals surface area (Å²) < 4.78 is 0. The van der Waals surface area contributed by atoms with Crippen molar-refractivity contribution in [1.29, 1.82) is 0 Å². The van der Waals surface area contributed by atoms with Crippen LogP contribution >= 0.6 is 21.6 Å². The zero-order valence-electron chi connectivity index (χ0n) is 30.4. The molecular weight excluding hydrogens is 667 g/mol. The van der Waals surface area contributed by atoms with Gasteiger partial charge in [-0.25, -0.2) is 4.79 Å². The largest absolute Gasteiger partial charge is 0.480 e. The summed E-state index contributed by atoms with van der Waals surface area (Å²) in [6.07, 6.45) is 16.0. The minimum absolute atomic E-state index is 0.146. The van der Waals surface area contributed by atoms with Crippen LogP contribution in [0.3, 0.4) is 0 Å². The normalized spacial score (nSPS) is 12.2. The number of unbranched alkanes of at least 4 members (excludes halogenated alkanes) is 12. The molecule has 0 radical (unpaired) electrons. The van der Waals surface area contributed by atoms with Gasteiger partial charge < -0.3 is 20.6 Å². The fourth-order valence-corrected chi connectivity index (χ4v) is 7.95. The van der Waals surface area contributed by atoms with Crippen LogP contribution in [0.25, 0.3) is 0 Å². The zero-order valence-corrected chi connectivity index (χ0v) is 32.0. The minimum atomic E-state index is -1.08. The summed E-state index contributed by atoms with van der Waals surface area (Å²) in [5.41, 5.74) is 1.98. The number of nitrogens with one attached hydrogen (secondary N) is 2. The summed E-state index contributed by atoms with van der Waals surface area (Å²) in [6.45, 7) is 5.16. The van der Waals surface area contributed by atoms with Gasteiger partial charge in [-0.3, -0.25) is 14.4 Å². The molecule has 0 saturated heterocycles. The lowest BCUT2D eigenvalue weighted by molar-refractivity contribution is -0.141. The molecule has 8 nitrogen and oxygen atoms in total. The fourth-order valence-electron chi connectivity index (χ4n) is 5.64. The summed E-state index contributed by atoms with van der Waals surface area (Å²) in [5.74, 6) is -1.25. The second-order valence-corrected chi connectivity index (χ2v) is 15.6. The molecule has 2 aromatic rings. The van der Waals surface area contributed by atoms with Crippen molar-refractivity contribution < 1.29 is 24.3 Å². The Labute approximate surface area is 309 Å². The van der Waals surface area contributed by atoms with E-state index in [0.29, 0.717) is 25.9 Å². The van der Waals surface area contributed by atoms with E-state index in [9.17, 15) is 24.3 Å². The van der Waals surface area contributed by atoms with Crippen LogP contribution in [0.1, 0.15) is 128 Å². The molecule has 2 atom stereocenters. The van der Waals surface area contributed by atoms with Crippen molar-refractivity contribution in [3.05, 3.63) is 71.8 Å². The second kappa shape index (κ2) is 27.7. The van der Waals surface area contributed by atoms with E-state index in [1.807, 2.05) is 60.7 Å². The molecule has 3 amide bonds. The maximum Gasteiger partial charge on any atom is 0.327 e. The first-order valence-corrected chi connectivity index (χ1v) is 21.2. The van der Waals surface area contributed by atoms with Gasteiger partial charge in [0.2, 0.25) is 17.7 Å². The topological polar surface area (TPSA) is 116 Å². The highest BCUT2D eigenvalue weighted by molar-refractivity contribution is 8.76. The van der Waals surface area contributed by atoms with Crippen LogP contribution in [-0.2, 0) is 32.3 Å². The van der Waals surface area contributed by atoms with Gasteiger partial charge in [0.15, 0.2) is 0 Å². The second-order valence-electron chi connectivity index (χ2n) is 13.1. The van der Waals surface area contributed by atoms with E-state index in [0.717, 1.165) is 49.7 Å². The van der Waals surface area contributed by atoms with Crippen molar-refractivity contribution in [2.45, 2.75) is 142 Å². The highest BCUT2D eigenvalue weighted by atomic mass is 33.1. The van der Waals surface area contributed by atoms with Crippen LogP contribution in [-0.4, -0.2) is 57.3 Å². The maximum atomic E-state index is 14.2. The lowest BCUT2D eigenvalue weighted by atomic mass is 10.1. The molecule has 0 aliphatic rings. The molecule has 0 spiro atoms. The molecule has 0 aromatic heterocycles. The Hall–Kier alpha value is -2.98. The van der Waals surface area contributed by atoms with Gasteiger partial charge in [0, 0.05) is 37.4 Å². The van der Waals surface area contributed by atoms with Gasteiger partial charge >= 0.3 is 5.97 Å². The van der Waals surface area contributed by atoms with E-state index in [-0.39, 0.29) is 29.2 Å². The lowest BCUT2D eigenvalue weighted by Crippen LogP contribution is -2.49. The standard InChI is InChI=1S/C40H61N3O5S2/c1-3-5-7-9-11-13-21-27-37(44)41-35(39(46)43(29-33-23-17-15-18-24-33)30-34-25-19-16-20-26-34)31-49-50-32-36(40(47)48)42-38(45)28-22-14-12-10-8-6-4-2/h15-20,23-26,35-36H,3-14,21-22,27-32H2,1-2H3,(H,41,44)(H,42,45)(H,47,48)/t35-,36-/m0/s1. The highest BCUT2D eigenvalue weighted by Crippen LogP contribution is 2.25. The molecule has 0 heterocycles. The maximum absolute atomic E-state index is 14.2. The SMILES string of the molecule is CCCCCCCCCC(=O)N[C@@H](CSSC[C@H](NC(=O)CCCCCCCCC)C(=O)N(Cc1ccccc1)Cc1ccccc1)C(=O)O. The summed E-state index contributed by atoms with van der Waals surface area (Å²) in [5, 5.41) is 15.5. The third-order valence-corrected chi connectivity index (χ3v) is 11.0. The molecule has 0 fully saturated rings. The third kappa shape index (κ3) is 20.0. The van der Waals surface area contributed by atoms with Gasteiger partial charge in [-0.2, -0.15) is 0 Å². The van der Waals surface area contributed by atoms with Gasteiger partial charge in [0.1, 0.15) is 12.1 Å². The molecule has 278 valence electrons. The number of benzene rings is 2. The number of rotatable bonds is 29. The molecule has 0 aliphatic carbocycles. The summed E-state index contributed by atoms with van der Waals surface area (Å²) >= 11 is 0. The number of carbonyl (C=O) groups excluding carboxylic acids is 3. The molecule has 50 heavy (non-hydrogen) atoms. The Kier molecular flexibility index (Phi) is 23.9. The van der Waals surface area contributed by atoms with Crippen molar-refractivity contribution >= 4 is 45.3 Å². The predicted molar refractivity (Wildman–Crippen MR) is 209 cm³/mol. The third-order valence-electron chi connectivity index (χ3n) is 8.58. The van der Waals surface area contributed by atoms with Gasteiger partial charge in [-0.1, -0.05) is 173 Å². The first-order chi connectivity index (χ1) is 24.3. The van der Waals surface area contributed by atoms with Crippen LogP contribution in [0.4, 0.5) is 0 Å². The minimum Gasteiger partial charge on any atom is -0.480 e. The van der Waals surface area contributed by atoms with Crippen molar-refractivity contribution in [2.24, 2.45) is 0 Å². The average molecular weight is 728 g/mol. The molecule has 0 aliphatic heterocycles. The van der Waals surface area contributed by atoms with E-state index < -0.39 is 18.1 Å². The lowest BCUT2D eigenvalue weighted by Gasteiger charge is -2.28. The quantitative estimate of drug-likeness (QED) is 0.0566. The number of carboxylic acids is 1. The van der Waals surface area contributed by atoms with Crippen LogP contribution in [0.5, 0.6) is 0 Å². The summed E-state index contributed by atoms with van der Waals surface area (Å²) in [4.78, 5) is 53.6. The van der Waals surface area contributed by atoms with Gasteiger partial charge in [0.25, 0.3) is 0 Å². The number of nitrogens with zero attached hydrogens (tertiary/aromatic N) is 1. The molecule has 0 unspecified atom stereocenters. The Morgan fingerprint density at radius 1 is 0.580 bits per heavy atom. The first-order valence-electron chi connectivity index (χ1n) is 18.8. The monoisotopic (exact) mass is 727 g/mol. The van der Waals surface area contributed by atoms with Crippen LogP contribution in [0.2, 0.25) is 0 Å². The van der Waals surface area contributed by atoms with Gasteiger partial charge in [0.05, 0.1) is 0 Å². The Balaban J connectivity index is 2.01. The van der Waals surface area contributed by atoms with Crippen LogP contribution in [0, 0.1) is 0 Å². The number of aliphatic carboxylic acids is 1. The van der Waals surface area contributed by atoms with E-state index >= 15 is 0 Å². The van der Waals surface area contributed by atoms with E-state index in [2.05, 4.69) is 24.5 Å². The van der Waals surface area contributed by atoms with Crippen LogP contribution < -0.4 is 10.6 Å². The van der Waals surface area contributed by atoms with Gasteiger partial charge in [-0.15, -0.1) is 0 Å². The average Bonchev–Trinajstić information content (AvgIpc) is 3.11. The zero-order chi connectivity index (χ0) is 36.2. The molecule has 0 bridgehead atoms. The predicted octanol–water partition coefficient (Wildman–Crippen LogP) is 8.93. The van der Waals surface area contributed by atoms with E-state index in [4.69, 9.17) is 0 Å². The fraction of sp³-hybridized carbons (Fsp3) is 0.600. The highest BCUT2D eigenvalue weighted by Gasteiger charge is 2.27. The summed E-state index contributed by atoms with van der Waals surface area (Å²) in [6, 6.07) is 17.8. The molecule has 2 aromatic carbocycles. The van der Waals surface area contributed by atoms with Crippen molar-refractivity contribution in [3.8, 4) is 0 Å². The smallest absolute Gasteiger partial charge is 0.327 e. The summed E-state index contributed by atoms with van der Waals surface area (Å²) in [7, 11) is 2.64. The molecule has 3 N–H and O–H groups in total. The van der Waals surface area contributed by atoms with Crippen molar-refractivity contribution in [1.82, 2.24) is 15.5 Å². The number of carboxylic acid groups (broad SMARTS) is 1. The van der Waals surface area contributed by atoms with E-state index in [1.165, 1.54) is 73.0 Å². The number of hydrogen-bond donors (Lipinski definition) is 3. The van der Waals surface area contributed by atoms with E-state index in [1.54, 1.807) is 4.90 Å². The number of amides is 3. The molecule has 0 saturated carbocycles. The number of carbonyl (C=O) groups is 4. The Morgan fingerprint density at radius 3 is 1.38 bits per heavy atom. The molecule has 2 rings (SSSR count). The Morgan fingerprint density at radius 2 is 0.960 bits per heavy atom. The Bertz CT molecular complexity index is 1180. The number of hydrogen-bond acceptors (Lipinski definition) is 6. The van der Waals surface area contributed by atoms with Crippen molar-refractivity contribution in [2.75, 3.05) is 11.5 Å².